The average molecular weight is 475 g/mol. The standard InChI is InChI=1S/C25H29F3N4O2/c1-34-18-4-2-17(3-5-18)20-9-21(25(26,27)28)32-22(30-20)19(13-29-32)23(33)31-24-10-14-6-15(11-24)8-16(7-14)12-24/h2-5,13-16,20-21,30H,6-12H2,1H3,(H,31,33)/t14?,15?,16?,20-,21-,24?/m1/s1. The fourth-order valence-electron chi connectivity index (χ4n) is 7.36. The molecule has 4 fully saturated rings. The number of alkyl halides is 3. The number of halogens is 3. The first-order valence-electron chi connectivity index (χ1n) is 12.1. The predicted molar refractivity (Wildman–Crippen MR) is 120 cm³/mol. The zero-order valence-electron chi connectivity index (χ0n) is 19.1. The summed E-state index contributed by atoms with van der Waals surface area (Å²) in [5.41, 5.74) is 0.659. The molecule has 34 heavy (non-hydrogen) atoms. The van der Waals surface area contributed by atoms with Crippen LogP contribution in [0.3, 0.4) is 0 Å². The maximum absolute atomic E-state index is 14.0. The lowest BCUT2D eigenvalue weighted by atomic mass is 9.53. The molecule has 1 aliphatic heterocycles. The Hall–Kier alpha value is -2.71. The van der Waals surface area contributed by atoms with Crippen molar-refractivity contribution in [3.05, 3.63) is 41.6 Å². The molecule has 4 saturated carbocycles. The summed E-state index contributed by atoms with van der Waals surface area (Å²) in [5.74, 6) is 2.40. The van der Waals surface area contributed by atoms with Gasteiger partial charge in [0.2, 0.25) is 0 Å². The number of rotatable bonds is 4. The van der Waals surface area contributed by atoms with Crippen LogP contribution < -0.4 is 15.4 Å². The van der Waals surface area contributed by atoms with Crippen molar-refractivity contribution in [2.45, 2.75) is 68.7 Å². The molecular formula is C25H29F3N4O2. The van der Waals surface area contributed by atoms with E-state index in [9.17, 15) is 18.0 Å². The highest BCUT2D eigenvalue weighted by Gasteiger charge is 2.52. The van der Waals surface area contributed by atoms with E-state index in [0.717, 1.165) is 23.9 Å². The largest absolute Gasteiger partial charge is 0.497 e. The Bertz CT molecular complexity index is 1060. The smallest absolute Gasteiger partial charge is 0.410 e. The number of aromatic nitrogens is 2. The quantitative estimate of drug-likeness (QED) is 0.635. The van der Waals surface area contributed by atoms with Gasteiger partial charge < -0.3 is 15.4 Å². The minimum Gasteiger partial charge on any atom is -0.497 e. The van der Waals surface area contributed by atoms with Crippen LogP contribution in [0.2, 0.25) is 0 Å². The maximum atomic E-state index is 14.0. The molecule has 0 radical (unpaired) electrons. The zero-order valence-corrected chi connectivity index (χ0v) is 19.1. The van der Waals surface area contributed by atoms with Crippen LogP contribution in [-0.4, -0.2) is 34.5 Å². The van der Waals surface area contributed by atoms with Crippen LogP contribution in [0.15, 0.2) is 30.5 Å². The van der Waals surface area contributed by atoms with Crippen LogP contribution in [0.4, 0.5) is 19.0 Å². The SMILES string of the molecule is COc1ccc([C@H]2C[C@H](C(F)(F)F)n3ncc(C(=O)NC45CC6CC(CC(C6)C4)C5)c3N2)cc1. The van der Waals surface area contributed by atoms with E-state index >= 15 is 0 Å². The van der Waals surface area contributed by atoms with Crippen molar-refractivity contribution in [2.75, 3.05) is 12.4 Å². The second-order valence-electron chi connectivity index (χ2n) is 10.8. The molecular weight excluding hydrogens is 445 g/mol. The number of hydrogen-bond acceptors (Lipinski definition) is 4. The summed E-state index contributed by atoms with van der Waals surface area (Å²) < 4.78 is 48.2. The van der Waals surface area contributed by atoms with Crippen molar-refractivity contribution in [1.82, 2.24) is 15.1 Å². The molecule has 0 spiro atoms. The number of carbonyl (C=O) groups is 1. The number of benzene rings is 1. The van der Waals surface area contributed by atoms with Gasteiger partial charge in [0.05, 0.1) is 19.3 Å². The summed E-state index contributed by atoms with van der Waals surface area (Å²) in [6, 6.07) is 4.55. The van der Waals surface area contributed by atoms with E-state index in [0.29, 0.717) is 29.1 Å². The van der Waals surface area contributed by atoms with Gasteiger partial charge in [0.1, 0.15) is 17.1 Å². The Morgan fingerprint density at radius 2 is 1.71 bits per heavy atom. The van der Waals surface area contributed by atoms with Crippen LogP contribution in [0.25, 0.3) is 0 Å². The molecule has 6 nitrogen and oxygen atoms in total. The molecule has 0 saturated heterocycles. The molecule has 2 atom stereocenters. The van der Waals surface area contributed by atoms with Crippen molar-refractivity contribution < 1.29 is 22.7 Å². The monoisotopic (exact) mass is 474 g/mol. The van der Waals surface area contributed by atoms with Crippen molar-refractivity contribution in [2.24, 2.45) is 17.8 Å². The van der Waals surface area contributed by atoms with Crippen molar-refractivity contribution in [1.29, 1.82) is 0 Å². The lowest BCUT2D eigenvalue weighted by molar-refractivity contribution is -0.173. The number of carbonyl (C=O) groups excluding carboxylic acids is 1. The first-order valence-corrected chi connectivity index (χ1v) is 12.1. The highest BCUT2D eigenvalue weighted by atomic mass is 19.4. The minimum atomic E-state index is -4.48. The first kappa shape index (κ1) is 21.8. The number of methoxy groups -OCH3 is 1. The van der Waals surface area contributed by atoms with Crippen molar-refractivity contribution in [3.8, 4) is 5.75 Å². The van der Waals surface area contributed by atoms with Gasteiger partial charge in [0.15, 0.2) is 6.04 Å². The zero-order chi connectivity index (χ0) is 23.7. The fourth-order valence-corrected chi connectivity index (χ4v) is 7.36. The molecule has 0 unspecified atom stereocenters. The van der Waals surface area contributed by atoms with Crippen molar-refractivity contribution in [3.63, 3.8) is 0 Å². The summed E-state index contributed by atoms with van der Waals surface area (Å²) in [7, 11) is 1.54. The molecule has 7 rings (SSSR count). The van der Waals surface area contributed by atoms with Crippen LogP contribution in [0.5, 0.6) is 5.75 Å². The molecule has 9 heteroatoms. The number of nitrogens with one attached hydrogen (secondary N) is 2. The maximum Gasteiger partial charge on any atom is 0.410 e. The number of fused-ring (bicyclic) bond motifs is 1. The highest BCUT2D eigenvalue weighted by Crippen LogP contribution is 2.55. The number of ether oxygens (including phenoxy) is 1. The Kier molecular flexibility index (Phi) is 4.90. The number of amides is 1. The topological polar surface area (TPSA) is 68.2 Å². The van der Waals surface area contributed by atoms with Gasteiger partial charge in [0, 0.05) is 12.0 Å². The average Bonchev–Trinajstić information content (AvgIpc) is 3.20. The van der Waals surface area contributed by atoms with E-state index in [1.807, 2.05) is 0 Å². The predicted octanol–water partition coefficient (Wildman–Crippen LogP) is 5.25. The van der Waals surface area contributed by atoms with Gasteiger partial charge in [-0.2, -0.15) is 18.3 Å². The van der Waals surface area contributed by atoms with Gasteiger partial charge in [0.25, 0.3) is 5.91 Å². The molecule has 4 bridgehead atoms. The van der Waals surface area contributed by atoms with Crippen LogP contribution in [0.1, 0.15) is 73.0 Å². The second kappa shape index (κ2) is 7.65. The van der Waals surface area contributed by atoms with Gasteiger partial charge in [-0.15, -0.1) is 0 Å². The lowest BCUT2D eigenvalue weighted by Gasteiger charge is -2.56. The molecule has 1 amide bonds. The highest BCUT2D eigenvalue weighted by molar-refractivity contribution is 5.99. The molecule has 5 aliphatic rings. The Morgan fingerprint density at radius 1 is 1.09 bits per heavy atom. The van der Waals surface area contributed by atoms with E-state index in [1.54, 1.807) is 31.4 Å². The van der Waals surface area contributed by atoms with Gasteiger partial charge >= 0.3 is 6.18 Å². The molecule has 2 aromatic rings. The van der Waals surface area contributed by atoms with Crippen LogP contribution >= 0.6 is 0 Å². The normalized spacial score (nSPS) is 33.8. The number of nitrogens with zero attached hydrogens (tertiary/aromatic N) is 2. The number of anilines is 1. The van der Waals surface area contributed by atoms with Gasteiger partial charge in [-0.05, 0) is 74.0 Å². The Morgan fingerprint density at radius 3 is 2.26 bits per heavy atom. The van der Waals surface area contributed by atoms with Gasteiger partial charge in [-0.25, -0.2) is 4.68 Å². The van der Waals surface area contributed by atoms with E-state index in [4.69, 9.17) is 4.74 Å². The third-order valence-electron chi connectivity index (χ3n) is 8.42. The first-order chi connectivity index (χ1) is 16.2. The summed E-state index contributed by atoms with van der Waals surface area (Å²) in [6.07, 6.45) is 3.25. The van der Waals surface area contributed by atoms with E-state index in [2.05, 4.69) is 15.7 Å². The minimum absolute atomic E-state index is 0.136. The molecule has 2 heterocycles. The summed E-state index contributed by atoms with van der Waals surface area (Å²) >= 11 is 0. The third-order valence-corrected chi connectivity index (χ3v) is 8.42. The Labute approximate surface area is 196 Å². The molecule has 1 aromatic heterocycles. The van der Waals surface area contributed by atoms with E-state index < -0.39 is 18.3 Å². The molecule has 1 aromatic carbocycles. The summed E-state index contributed by atoms with van der Waals surface area (Å²) in [4.78, 5) is 13.4. The summed E-state index contributed by atoms with van der Waals surface area (Å²) in [5, 5.41) is 10.5. The third kappa shape index (κ3) is 3.64. The van der Waals surface area contributed by atoms with E-state index in [-0.39, 0.29) is 29.2 Å². The number of hydrogen-bond donors (Lipinski definition) is 2. The Balaban J connectivity index is 1.30. The lowest BCUT2D eigenvalue weighted by Crippen LogP contribution is -2.59. The molecule has 2 N–H and O–H groups in total. The van der Waals surface area contributed by atoms with Gasteiger partial charge in [-0.1, -0.05) is 12.1 Å². The van der Waals surface area contributed by atoms with E-state index in [1.165, 1.54) is 25.5 Å². The molecule has 182 valence electrons. The second-order valence-corrected chi connectivity index (χ2v) is 10.8. The molecule has 4 aliphatic carbocycles. The van der Waals surface area contributed by atoms with Crippen LogP contribution in [-0.2, 0) is 0 Å². The van der Waals surface area contributed by atoms with Crippen LogP contribution in [0, 0.1) is 17.8 Å². The van der Waals surface area contributed by atoms with Crippen molar-refractivity contribution >= 4 is 11.7 Å². The summed E-state index contributed by atoms with van der Waals surface area (Å²) in [6.45, 7) is 0. The van der Waals surface area contributed by atoms with Gasteiger partial charge in [-0.3, -0.25) is 4.79 Å². The fraction of sp³-hybridized carbons (Fsp3) is 0.600.